The van der Waals surface area contributed by atoms with Gasteiger partial charge in [0.05, 0.1) is 29.8 Å². The largest absolute Gasteiger partial charge is 0.366 e. The summed E-state index contributed by atoms with van der Waals surface area (Å²) < 4.78 is 14.7. The molecule has 0 spiro atoms. The zero-order valence-electron chi connectivity index (χ0n) is 16.5. The lowest BCUT2D eigenvalue weighted by molar-refractivity contribution is -0.117. The van der Waals surface area contributed by atoms with Gasteiger partial charge in [0, 0.05) is 37.6 Å². The molecule has 0 saturated carbocycles. The van der Waals surface area contributed by atoms with E-state index in [2.05, 4.69) is 25.7 Å². The highest BCUT2D eigenvalue weighted by atomic mass is 19.1. The summed E-state index contributed by atoms with van der Waals surface area (Å²) in [6.45, 7) is 4.82. The first-order valence-corrected chi connectivity index (χ1v) is 9.31. The van der Waals surface area contributed by atoms with Crippen molar-refractivity contribution in [1.29, 1.82) is 0 Å². The number of halogens is 1. The highest BCUT2D eigenvalue weighted by Crippen LogP contribution is 2.34. The maximum absolute atomic E-state index is 12.9. The van der Waals surface area contributed by atoms with E-state index in [0.29, 0.717) is 13.1 Å². The molecule has 4 rings (SSSR count). The fraction of sp³-hybridized carbons (Fsp3) is 0.300. The Morgan fingerprint density at radius 2 is 2.10 bits per heavy atom. The molecule has 0 aromatic carbocycles. The number of aromatic nitrogens is 4. The van der Waals surface area contributed by atoms with Crippen LogP contribution < -0.4 is 15.5 Å². The molecule has 2 N–H and O–H groups in total. The molecule has 3 aromatic heterocycles. The lowest BCUT2D eigenvalue weighted by Crippen LogP contribution is -2.44. The van der Waals surface area contributed by atoms with Gasteiger partial charge < -0.3 is 15.5 Å². The average molecular weight is 395 g/mol. The quantitative estimate of drug-likeness (QED) is 0.646. The minimum Gasteiger partial charge on any atom is -0.366 e. The van der Waals surface area contributed by atoms with Crippen molar-refractivity contribution in [3.05, 3.63) is 59.6 Å². The van der Waals surface area contributed by atoms with Gasteiger partial charge in [-0.05, 0) is 25.5 Å². The predicted octanol–water partition coefficient (Wildman–Crippen LogP) is 2.56. The van der Waals surface area contributed by atoms with Crippen molar-refractivity contribution >= 4 is 23.1 Å². The number of nitrogens with zero attached hydrogens (tertiary/aromatic N) is 5. The average Bonchev–Trinajstić information content (AvgIpc) is 3.15. The van der Waals surface area contributed by atoms with Crippen LogP contribution in [0.25, 0.3) is 0 Å². The first-order valence-electron chi connectivity index (χ1n) is 9.31. The number of anilines is 3. The number of fused-ring (bicyclic) bond motifs is 1. The van der Waals surface area contributed by atoms with E-state index >= 15 is 0 Å². The van der Waals surface area contributed by atoms with E-state index in [-0.39, 0.29) is 11.9 Å². The van der Waals surface area contributed by atoms with Crippen LogP contribution in [0.4, 0.5) is 21.6 Å². The number of amides is 1. The van der Waals surface area contributed by atoms with Gasteiger partial charge in [-0.15, -0.1) is 0 Å². The molecule has 150 valence electrons. The zero-order chi connectivity index (χ0) is 20.5. The minimum atomic E-state index is -0.494. The summed E-state index contributed by atoms with van der Waals surface area (Å²) in [5, 5.41) is 10.6. The zero-order valence-corrected chi connectivity index (χ0v) is 16.5. The van der Waals surface area contributed by atoms with Gasteiger partial charge in [-0.25, -0.2) is 9.97 Å². The Kier molecular flexibility index (Phi) is 4.87. The third kappa shape index (κ3) is 3.89. The Hall–Kier alpha value is -3.49. The van der Waals surface area contributed by atoms with Gasteiger partial charge in [-0.2, -0.15) is 9.49 Å². The van der Waals surface area contributed by atoms with E-state index in [1.165, 1.54) is 12.3 Å². The second-order valence-electron chi connectivity index (χ2n) is 7.15. The third-order valence-corrected chi connectivity index (χ3v) is 5.06. The molecule has 9 heteroatoms. The monoisotopic (exact) mass is 395 g/mol. The van der Waals surface area contributed by atoms with Crippen LogP contribution in [0.1, 0.15) is 23.7 Å². The number of nitrogens with one attached hydrogen (secondary N) is 2. The number of likely N-dealkylation sites (N-methyl/N-ethyl adjacent to an activating group) is 1. The molecular formula is C20H22FN7O. The number of hydrogen-bond acceptors (Lipinski definition) is 6. The molecule has 0 radical (unpaired) electrons. The Labute approximate surface area is 167 Å². The lowest BCUT2D eigenvalue weighted by atomic mass is 10.1. The summed E-state index contributed by atoms with van der Waals surface area (Å²) in [4.78, 5) is 22.2. The van der Waals surface area contributed by atoms with Gasteiger partial charge in [0.1, 0.15) is 11.9 Å². The molecule has 0 fully saturated rings. The standard InChI is InChI=1S/C20H22FN7O/c1-12-19-16(27(3)13(2)20(29)26-19)6-18(25-12)23-8-15-9-24-28(11-15)10-14-4-5-17(21)22-7-14/h4-7,9,11,13H,8,10H2,1-3H3,(H,23,25)(H,26,29)/t13-/m0/s1. The van der Waals surface area contributed by atoms with E-state index in [4.69, 9.17) is 0 Å². The van der Waals surface area contributed by atoms with E-state index < -0.39 is 5.95 Å². The molecule has 0 aliphatic carbocycles. The fourth-order valence-corrected chi connectivity index (χ4v) is 3.26. The SMILES string of the molecule is Cc1nc(NCc2cnn(Cc3ccc(F)nc3)c2)cc2c1NC(=O)[C@H](C)N2C. The molecular weight excluding hydrogens is 373 g/mol. The van der Waals surface area contributed by atoms with Gasteiger partial charge in [0.25, 0.3) is 0 Å². The van der Waals surface area contributed by atoms with Gasteiger partial charge in [-0.1, -0.05) is 6.07 Å². The Balaban J connectivity index is 1.45. The second-order valence-corrected chi connectivity index (χ2v) is 7.15. The van der Waals surface area contributed by atoms with Crippen molar-refractivity contribution < 1.29 is 9.18 Å². The molecule has 1 aliphatic rings. The van der Waals surface area contributed by atoms with Gasteiger partial charge in [0.2, 0.25) is 11.9 Å². The number of pyridine rings is 2. The van der Waals surface area contributed by atoms with Crippen LogP contribution in [0, 0.1) is 12.9 Å². The van der Waals surface area contributed by atoms with Gasteiger partial charge in [0.15, 0.2) is 0 Å². The van der Waals surface area contributed by atoms with Crippen molar-refractivity contribution in [3.63, 3.8) is 0 Å². The number of hydrogen-bond donors (Lipinski definition) is 2. The summed E-state index contributed by atoms with van der Waals surface area (Å²) >= 11 is 0. The molecule has 3 aromatic rings. The van der Waals surface area contributed by atoms with Crippen molar-refractivity contribution in [2.24, 2.45) is 0 Å². The van der Waals surface area contributed by atoms with Crippen molar-refractivity contribution in [3.8, 4) is 0 Å². The highest BCUT2D eigenvalue weighted by molar-refractivity contribution is 6.04. The number of aryl methyl sites for hydroxylation is 1. The first-order chi connectivity index (χ1) is 13.9. The van der Waals surface area contributed by atoms with E-state index in [0.717, 1.165) is 34.0 Å². The normalized spacial score (nSPS) is 15.8. The van der Waals surface area contributed by atoms with Gasteiger partial charge in [-0.3, -0.25) is 9.48 Å². The molecule has 1 amide bonds. The molecule has 29 heavy (non-hydrogen) atoms. The third-order valence-electron chi connectivity index (χ3n) is 5.06. The maximum atomic E-state index is 12.9. The molecule has 4 heterocycles. The molecule has 1 aliphatic heterocycles. The van der Waals surface area contributed by atoms with Gasteiger partial charge >= 0.3 is 0 Å². The number of rotatable bonds is 5. The highest BCUT2D eigenvalue weighted by Gasteiger charge is 2.28. The van der Waals surface area contributed by atoms with Crippen LogP contribution in [-0.4, -0.2) is 38.7 Å². The van der Waals surface area contributed by atoms with Crippen LogP contribution in [0.5, 0.6) is 0 Å². The summed E-state index contributed by atoms with van der Waals surface area (Å²) in [5.41, 5.74) is 4.32. The first kappa shape index (κ1) is 18.9. The van der Waals surface area contributed by atoms with Crippen molar-refractivity contribution in [1.82, 2.24) is 19.7 Å². The molecule has 0 bridgehead atoms. The van der Waals surface area contributed by atoms with Crippen LogP contribution >= 0.6 is 0 Å². The van der Waals surface area contributed by atoms with E-state index in [1.807, 2.05) is 38.1 Å². The molecule has 1 atom stereocenters. The summed E-state index contributed by atoms with van der Waals surface area (Å²) in [5.74, 6) is 0.202. The lowest BCUT2D eigenvalue weighted by Gasteiger charge is -2.34. The Bertz CT molecular complexity index is 1050. The fourth-order valence-electron chi connectivity index (χ4n) is 3.26. The van der Waals surface area contributed by atoms with E-state index in [9.17, 15) is 9.18 Å². The Morgan fingerprint density at radius 3 is 2.86 bits per heavy atom. The Morgan fingerprint density at radius 1 is 1.28 bits per heavy atom. The summed E-state index contributed by atoms with van der Waals surface area (Å²) in [7, 11) is 1.90. The maximum Gasteiger partial charge on any atom is 0.246 e. The summed E-state index contributed by atoms with van der Waals surface area (Å²) in [6, 6.07) is 4.73. The molecule has 0 unspecified atom stereocenters. The topological polar surface area (TPSA) is 88.0 Å². The number of carbonyl (C=O) groups is 1. The second kappa shape index (κ2) is 7.50. The number of carbonyl (C=O) groups excluding carboxylic acids is 1. The molecule has 0 saturated heterocycles. The van der Waals surface area contributed by atoms with Crippen LogP contribution in [-0.2, 0) is 17.9 Å². The van der Waals surface area contributed by atoms with Crippen LogP contribution in [0.2, 0.25) is 0 Å². The summed E-state index contributed by atoms with van der Waals surface area (Å²) in [6.07, 6.45) is 5.21. The minimum absolute atomic E-state index is 0.0330. The van der Waals surface area contributed by atoms with Crippen molar-refractivity contribution in [2.45, 2.75) is 33.0 Å². The predicted molar refractivity (Wildman–Crippen MR) is 108 cm³/mol. The van der Waals surface area contributed by atoms with Crippen molar-refractivity contribution in [2.75, 3.05) is 22.6 Å². The smallest absolute Gasteiger partial charge is 0.246 e. The van der Waals surface area contributed by atoms with Crippen LogP contribution in [0.3, 0.4) is 0 Å². The van der Waals surface area contributed by atoms with E-state index in [1.54, 1.807) is 16.9 Å². The van der Waals surface area contributed by atoms with Crippen LogP contribution in [0.15, 0.2) is 36.8 Å². The molecule has 8 nitrogen and oxygen atoms in total.